The van der Waals surface area contributed by atoms with Crippen molar-refractivity contribution in [2.75, 3.05) is 0 Å². The third-order valence-electron chi connectivity index (χ3n) is 6.08. The third kappa shape index (κ3) is 4.29. The van der Waals surface area contributed by atoms with Gasteiger partial charge in [0.25, 0.3) is 0 Å². The molecule has 7 heteroatoms. The molecule has 0 aromatic heterocycles. The van der Waals surface area contributed by atoms with Crippen LogP contribution in [-0.2, 0) is 4.79 Å². The molecule has 2 aliphatic carbocycles. The smallest absolute Gasteiger partial charge is 0.207 e. The van der Waals surface area contributed by atoms with Gasteiger partial charge in [0.05, 0.1) is 0 Å². The van der Waals surface area contributed by atoms with Gasteiger partial charge in [0.15, 0.2) is 5.78 Å². The van der Waals surface area contributed by atoms with Gasteiger partial charge < -0.3 is 0 Å². The first-order chi connectivity index (χ1) is 13.3. The summed E-state index contributed by atoms with van der Waals surface area (Å²) in [6.45, 7) is 12.0. The molecule has 2 rings (SSSR count). The third-order valence-corrected chi connectivity index (χ3v) is 7.96. The SMILES string of the molecule is CC(C)(C)C1C=CC=CC1(C(=O)C1(C(Cl)(Cl)Cl)C=CC=CC1C(C)(C)C)C(Cl)(Cl)Cl. The van der Waals surface area contributed by atoms with Crippen molar-refractivity contribution in [3.63, 3.8) is 0 Å². The van der Waals surface area contributed by atoms with Crippen LogP contribution in [0.3, 0.4) is 0 Å². The number of hydrogen-bond acceptors (Lipinski definition) is 1. The van der Waals surface area contributed by atoms with Gasteiger partial charge in [0.1, 0.15) is 10.8 Å². The van der Waals surface area contributed by atoms with Gasteiger partial charge in [-0.1, -0.05) is 160 Å². The molecule has 0 amide bonds. The zero-order valence-corrected chi connectivity index (χ0v) is 22.5. The van der Waals surface area contributed by atoms with Crippen molar-refractivity contribution in [2.24, 2.45) is 33.5 Å². The van der Waals surface area contributed by atoms with E-state index < -0.39 is 46.9 Å². The Kier molecular flexibility index (Phi) is 7.36. The van der Waals surface area contributed by atoms with E-state index >= 15 is 0 Å². The molecule has 30 heavy (non-hydrogen) atoms. The predicted octanol–water partition coefficient (Wildman–Crippen LogP) is 8.85. The maximum atomic E-state index is 14.7. The summed E-state index contributed by atoms with van der Waals surface area (Å²) >= 11 is 39.7. The summed E-state index contributed by atoms with van der Waals surface area (Å²) in [5.41, 5.74) is -3.93. The first kappa shape index (κ1) is 26.6. The molecule has 0 radical (unpaired) electrons. The molecular weight excluding hydrogens is 505 g/mol. The molecule has 0 N–H and O–H groups in total. The molecule has 0 aliphatic heterocycles. The van der Waals surface area contributed by atoms with Gasteiger partial charge in [-0.3, -0.25) is 4.79 Å². The van der Waals surface area contributed by atoms with Gasteiger partial charge in [-0.25, -0.2) is 0 Å². The lowest BCUT2D eigenvalue weighted by Gasteiger charge is -2.55. The highest BCUT2D eigenvalue weighted by Gasteiger charge is 2.70. The van der Waals surface area contributed by atoms with E-state index in [1.165, 1.54) is 0 Å². The molecule has 1 nitrogen and oxygen atoms in total. The molecule has 0 saturated heterocycles. The van der Waals surface area contributed by atoms with Gasteiger partial charge in [-0.2, -0.15) is 0 Å². The molecule has 0 fully saturated rings. The van der Waals surface area contributed by atoms with Crippen LogP contribution in [-0.4, -0.2) is 13.4 Å². The van der Waals surface area contributed by atoms with Gasteiger partial charge in [0, 0.05) is 11.8 Å². The number of allylic oxidation sites excluding steroid dienone is 8. The number of hydrogen-bond donors (Lipinski definition) is 0. The molecule has 0 saturated carbocycles. The number of carbonyl (C=O) groups excluding carboxylic acids is 1. The second-order valence-corrected chi connectivity index (χ2v) is 14.8. The number of carbonyl (C=O) groups is 1. The number of ketones is 1. The Morgan fingerprint density at radius 3 is 1.17 bits per heavy atom. The molecule has 168 valence electrons. The summed E-state index contributed by atoms with van der Waals surface area (Å²) in [6, 6.07) is 0. The van der Waals surface area contributed by atoms with E-state index in [4.69, 9.17) is 69.6 Å². The molecule has 4 unspecified atom stereocenters. The van der Waals surface area contributed by atoms with Crippen molar-refractivity contribution in [1.82, 2.24) is 0 Å². The fraction of sp³-hybridized carbons (Fsp3) is 0.609. The Morgan fingerprint density at radius 1 is 0.633 bits per heavy atom. The van der Waals surface area contributed by atoms with Gasteiger partial charge in [-0.05, 0) is 10.8 Å². The van der Waals surface area contributed by atoms with Gasteiger partial charge in [0.2, 0.25) is 7.59 Å². The molecule has 4 atom stereocenters. The van der Waals surface area contributed by atoms with Crippen LogP contribution in [0.2, 0.25) is 0 Å². The van der Waals surface area contributed by atoms with E-state index in [0.717, 1.165) is 0 Å². The first-order valence-electron chi connectivity index (χ1n) is 9.74. The number of rotatable bonds is 2. The van der Waals surface area contributed by atoms with Crippen molar-refractivity contribution >= 4 is 75.4 Å². The minimum absolute atomic E-state index is 0.416. The van der Waals surface area contributed by atoms with Crippen LogP contribution >= 0.6 is 69.6 Å². The Labute approximate surface area is 210 Å². The van der Waals surface area contributed by atoms with E-state index in [0.29, 0.717) is 0 Å². The number of alkyl halides is 6. The monoisotopic (exact) mass is 530 g/mol. The fourth-order valence-electron chi connectivity index (χ4n) is 4.79. The second kappa shape index (κ2) is 8.30. The lowest BCUT2D eigenvalue weighted by molar-refractivity contribution is -0.141. The topological polar surface area (TPSA) is 17.1 Å². The van der Waals surface area contributed by atoms with E-state index in [9.17, 15) is 4.79 Å². The molecule has 2 aliphatic rings. The minimum atomic E-state index is -1.98. The average molecular weight is 533 g/mol. The highest BCUT2D eigenvalue weighted by molar-refractivity contribution is 6.71. The zero-order valence-electron chi connectivity index (χ0n) is 17.9. The molecule has 0 bridgehead atoms. The number of Topliss-reactive ketones (excluding diaryl/α,β-unsaturated/α-hetero) is 1. The van der Waals surface area contributed by atoms with E-state index in [1.807, 2.05) is 65.8 Å². The van der Waals surface area contributed by atoms with Crippen LogP contribution in [0, 0.1) is 33.5 Å². The normalized spacial score (nSPS) is 32.5. The maximum Gasteiger partial charge on any atom is 0.207 e. The van der Waals surface area contributed by atoms with E-state index in [-0.39, 0.29) is 0 Å². The van der Waals surface area contributed by atoms with Crippen molar-refractivity contribution < 1.29 is 4.79 Å². The second-order valence-electron chi connectivity index (χ2n) is 10.2. The summed E-state index contributed by atoms with van der Waals surface area (Å²) in [6.07, 6.45) is 14.3. The summed E-state index contributed by atoms with van der Waals surface area (Å²) in [7, 11) is 0. The molecule has 0 aromatic rings. The minimum Gasteiger partial charge on any atom is -0.297 e. The Morgan fingerprint density at radius 2 is 0.933 bits per heavy atom. The standard InChI is InChI=1S/C23H28Cl6O/c1-18(2,3)15-11-7-9-13-20(15,22(24,25)26)17(30)21(23(27,28)29)14-10-8-12-16(21)19(4,5)6/h7-16H,1-6H3. The number of halogens is 6. The quantitative estimate of drug-likeness (QED) is 0.324. The highest BCUT2D eigenvalue weighted by atomic mass is 35.6. The molecule has 0 spiro atoms. The highest BCUT2D eigenvalue weighted by Crippen LogP contribution is 2.66. The van der Waals surface area contributed by atoms with Crippen molar-refractivity contribution in [2.45, 2.75) is 49.1 Å². The van der Waals surface area contributed by atoms with Gasteiger partial charge >= 0.3 is 0 Å². The Balaban J connectivity index is 2.93. The van der Waals surface area contributed by atoms with Crippen LogP contribution in [0.25, 0.3) is 0 Å². The van der Waals surface area contributed by atoms with E-state index in [1.54, 1.807) is 24.3 Å². The molecule has 0 aromatic carbocycles. The summed E-state index contributed by atoms with van der Waals surface area (Å²) in [5.74, 6) is -1.31. The predicted molar refractivity (Wildman–Crippen MR) is 133 cm³/mol. The van der Waals surface area contributed by atoms with Crippen LogP contribution < -0.4 is 0 Å². The van der Waals surface area contributed by atoms with Crippen molar-refractivity contribution in [1.29, 1.82) is 0 Å². The molecule has 0 heterocycles. The average Bonchev–Trinajstić information content (AvgIpc) is 2.57. The van der Waals surface area contributed by atoms with Crippen LogP contribution in [0.5, 0.6) is 0 Å². The van der Waals surface area contributed by atoms with Crippen LogP contribution in [0.15, 0.2) is 48.6 Å². The fourth-order valence-corrected chi connectivity index (χ4v) is 6.39. The van der Waals surface area contributed by atoms with Crippen molar-refractivity contribution in [3.8, 4) is 0 Å². The van der Waals surface area contributed by atoms with E-state index in [2.05, 4.69) is 0 Å². The largest absolute Gasteiger partial charge is 0.297 e. The van der Waals surface area contributed by atoms with Crippen LogP contribution in [0.1, 0.15) is 41.5 Å². The summed E-state index contributed by atoms with van der Waals surface area (Å²) in [5, 5.41) is 0. The van der Waals surface area contributed by atoms with Gasteiger partial charge in [-0.15, -0.1) is 0 Å². The Hall–Kier alpha value is 0.370. The first-order valence-corrected chi connectivity index (χ1v) is 12.0. The Bertz CT molecular complexity index is 732. The van der Waals surface area contributed by atoms with Crippen LogP contribution in [0.4, 0.5) is 0 Å². The summed E-state index contributed by atoms with van der Waals surface area (Å²) < 4.78 is -3.96. The van der Waals surface area contributed by atoms with Crippen molar-refractivity contribution in [3.05, 3.63) is 48.6 Å². The lowest BCUT2D eigenvalue weighted by atomic mass is 9.51. The zero-order chi connectivity index (χ0) is 23.4. The maximum absolute atomic E-state index is 14.7. The summed E-state index contributed by atoms with van der Waals surface area (Å²) in [4.78, 5) is 14.7. The lowest BCUT2D eigenvalue weighted by Crippen LogP contribution is -2.62. The molecular formula is C23H28Cl6O.